The molecule has 0 fully saturated rings. The van der Waals surface area contributed by atoms with Gasteiger partial charge in [-0.2, -0.15) is 0 Å². The molecule has 0 spiro atoms. The van der Waals surface area contributed by atoms with Crippen LogP contribution in [0, 0.1) is 0 Å². The molecule has 3 aromatic carbocycles. The number of rotatable bonds is 8. The second-order valence-electron chi connectivity index (χ2n) is 7.25. The van der Waals surface area contributed by atoms with Crippen LogP contribution in [-0.2, 0) is 10.0 Å². The Hall–Kier alpha value is -3.69. The number of aromatic nitrogens is 1. The average Bonchev–Trinajstić information content (AvgIpc) is 3.33. The third kappa shape index (κ3) is 4.95. The van der Waals surface area contributed by atoms with E-state index < -0.39 is 10.0 Å². The fourth-order valence-electron chi connectivity index (χ4n) is 3.39. The van der Waals surface area contributed by atoms with Crippen molar-refractivity contribution in [3.63, 3.8) is 0 Å². The highest BCUT2D eigenvalue weighted by Crippen LogP contribution is 2.27. The Labute approximate surface area is 202 Å². The first-order valence-electron chi connectivity index (χ1n) is 10.5. The number of amides is 1. The van der Waals surface area contributed by atoms with Crippen molar-refractivity contribution in [1.29, 1.82) is 0 Å². The van der Waals surface area contributed by atoms with Crippen LogP contribution in [-0.4, -0.2) is 33.0 Å². The predicted molar refractivity (Wildman–Crippen MR) is 135 cm³/mol. The van der Waals surface area contributed by atoms with E-state index in [4.69, 9.17) is 4.74 Å². The lowest BCUT2D eigenvalue weighted by atomic mass is 10.2. The predicted octanol–water partition coefficient (Wildman–Crippen LogP) is 5.29. The van der Waals surface area contributed by atoms with E-state index >= 15 is 0 Å². The molecule has 0 aliphatic carbocycles. The maximum atomic E-state index is 13.1. The molecule has 4 aromatic rings. The van der Waals surface area contributed by atoms with Crippen molar-refractivity contribution in [3.05, 3.63) is 89.8 Å². The number of hydrogen-bond donors (Lipinski definition) is 1. The summed E-state index contributed by atoms with van der Waals surface area (Å²) in [5, 5.41) is 5.08. The van der Waals surface area contributed by atoms with Gasteiger partial charge in [0, 0.05) is 23.1 Å². The van der Waals surface area contributed by atoms with Crippen LogP contribution >= 0.6 is 11.3 Å². The molecule has 4 rings (SSSR count). The average molecular weight is 494 g/mol. The molecule has 0 aliphatic heterocycles. The summed E-state index contributed by atoms with van der Waals surface area (Å²) in [7, 11) is -2.15. The first kappa shape index (κ1) is 23.5. The van der Waals surface area contributed by atoms with Crippen LogP contribution < -0.4 is 14.4 Å². The summed E-state index contributed by atoms with van der Waals surface area (Å²) < 4.78 is 32.7. The molecule has 1 amide bonds. The smallest absolute Gasteiger partial charge is 0.264 e. The van der Waals surface area contributed by atoms with E-state index in [-0.39, 0.29) is 17.3 Å². The number of nitrogens with zero attached hydrogens (tertiary/aromatic N) is 2. The number of carbonyl (C=O) groups excluding carboxylic acids is 1. The molecule has 7 nitrogen and oxygen atoms in total. The minimum atomic E-state index is -3.76. The van der Waals surface area contributed by atoms with Gasteiger partial charge in [-0.25, -0.2) is 13.4 Å². The number of methoxy groups -OCH3 is 1. The fourth-order valence-corrected chi connectivity index (χ4v) is 5.57. The summed E-state index contributed by atoms with van der Waals surface area (Å²) in [6.45, 7) is 2.07. The lowest BCUT2D eigenvalue weighted by Crippen LogP contribution is -2.30. The minimum absolute atomic E-state index is 0.116. The molecule has 1 heterocycles. The van der Waals surface area contributed by atoms with Gasteiger partial charge in [0.05, 0.1) is 23.4 Å². The summed E-state index contributed by atoms with van der Waals surface area (Å²) in [6.07, 6.45) is 0. The molecular weight excluding hydrogens is 470 g/mol. The molecule has 0 atom stereocenters. The van der Waals surface area contributed by atoms with Gasteiger partial charge in [-0.05, 0) is 67.6 Å². The molecule has 0 aliphatic rings. The maximum absolute atomic E-state index is 13.1. The van der Waals surface area contributed by atoms with Gasteiger partial charge in [0.2, 0.25) is 0 Å². The molecule has 9 heteroatoms. The van der Waals surface area contributed by atoms with Crippen LogP contribution in [0.15, 0.2) is 89.1 Å². The van der Waals surface area contributed by atoms with Crippen LogP contribution in [0.1, 0.15) is 17.3 Å². The van der Waals surface area contributed by atoms with Crippen LogP contribution in [0.3, 0.4) is 0 Å². The third-order valence-corrected chi connectivity index (χ3v) is 7.82. The van der Waals surface area contributed by atoms with Gasteiger partial charge >= 0.3 is 0 Å². The molecule has 1 aromatic heterocycles. The number of ether oxygens (including phenoxy) is 1. The van der Waals surface area contributed by atoms with Crippen LogP contribution in [0.25, 0.3) is 11.3 Å². The van der Waals surface area contributed by atoms with E-state index in [2.05, 4.69) is 10.3 Å². The van der Waals surface area contributed by atoms with Gasteiger partial charge < -0.3 is 4.74 Å². The lowest BCUT2D eigenvalue weighted by molar-refractivity contribution is 0.102. The second-order valence-corrected chi connectivity index (χ2v) is 9.97. The normalized spacial score (nSPS) is 11.1. The minimum Gasteiger partial charge on any atom is -0.497 e. The van der Waals surface area contributed by atoms with Gasteiger partial charge in [-0.3, -0.25) is 14.4 Å². The van der Waals surface area contributed by atoms with Gasteiger partial charge in [0.1, 0.15) is 5.75 Å². The lowest BCUT2D eigenvalue weighted by Gasteiger charge is -2.22. The molecule has 0 bridgehead atoms. The van der Waals surface area contributed by atoms with E-state index in [1.165, 1.54) is 39.9 Å². The van der Waals surface area contributed by atoms with Crippen molar-refractivity contribution in [2.45, 2.75) is 11.8 Å². The largest absolute Gasteiger partial charge is 0.497 e. The quantitative estimate of drug-likeness (QED) is 0.360. The van der Waals surface area contributed by atoms with Crippen LogP contribution in [0.2, 0.25) is 0 Å². The summed E-state index contributed by atoms with van der Waals surface area (Å²) in [5.74, 6) is 0.388. The van der Waals surface area contributed by atoms with Crippen LogP contribution in [0.4, 0.5) is 10.8 Å². The second kappa shape index (κ2) is 10.1. The monoisotopic (exact) mass is 493 g/mol. The van der Waals surface area contributed by atoms with E-state index in [9.17, 15) is 13.2 Å². The zero-order valence-corrected chi connectivity index (χ0v) is 20.3. The Balaban J connectivity index is 1.47. The fraction of sp³-hybridized carbons (Fsp3) is 0.120. The first-order chi connectivity index (χ1) is 16.4. The maximum Gasteiger partial charge on any atom is 0.264 e. The van der Waals surface area contributed by atoms with Gasteiger partial charge in [0.25, 0.3) is 15.9 Å². The Morgan fingerprint density at radius 1 is 1.00 bits per heavy atom. The summed E-state index contributed by atoms with van der Waals surface area (Å²) in [5.41, 5.74) is 2.57. The molecule has 0 saturated carbocycles. The third-order valence-electron chi connectivity index (χ3n) is 5.15. The van der Waals surface area contributed by atoms with Crippen molar-refractivity contribution >= 4 is 38.1 Å². The van der Waals surface area contributed by atoms with Crippen molar-refractivity contribution in [2.75, 3.05) is 23.3 Å². The van der Waals surface area contributed by atoms with E-state index in [1.807, 2.05) is 35.7 Å². The number of carbonyl (C=O) groups is 1. The topological polar surface area (TPSA) is 88.6 Å². The Morgan fingerprint density at radius 2 is 1.68 bits per heavy atom. The Bertz CT molecular complexity index is 1370. The summed E-state index contributed by atoms with van der Waals surface area (Å²) >= 11 is 1.31. The molecule has 1 N–H and O–H groups in total. The standard InChI is InChI=1S/C25H23N3O4S2/c1-3-28(20-7-5-4-6-8-20)34(30,31)22-15-11-19(12-16-22)24(29)27-25-26-23(17-33-25)18-9-13-21(32-2)14-10-18/h4-17H,3H2,1-2H3,(H,26,27,29). The number of sulfonamides is 1. The number of hydrogen-bond acceptors (Lipinski definition) is 6. The molecular formula is C25H23N3O4S2. The Morgan fingerprint density at radius 3 is 2.29 bits per heavy atom. The SMILES string of the molecule is CCN(c1ccccc1)S(=O)(=O)c1ccc(C(=O)Nc2nc(-c3ccc(OC)cc3)cs2)cc1. The zero-order valence-electron chi connectivity index (χ0n) is 18.6. The number of thiazole rings is 1. The van der Waals surface area contributed by atoms with E-state index in [0.29, 0.717) is 16.4 Å². The Kier molecular flexibility index (Phi) is 6.95. The highest BCUT2D eigenvalue weighted by atomic mass is 32.2. The van der Waals surface area contributed by atoms with Gasteiger partial charge in [-0.1, -0.05) is 18.2 Å². The highest BCUT2D eigenvalue weighted by Gasteiger charge is 2.23. The van der Waals surface area contributed by atoms with Crippen molar-refractivity contribution in [1.82, 2.24) is 4.98 Å². The molecule has 34 heavy (non-hydrogen) atoms. The molecule has 174 valence electrons. The molecule has 0 unspecified atom stereocenters. The summed E-state index contributed by atoms with van der Waals surface area (Å²) in [6, 6.07) is 22.3. The number of benzene rings is 3. The zero-order chi connectivity index (χ0) is 24.1. The number of nitrogens with one attached hydrogen (secondary N) is 1. The van der Waals surface area contributed by atoms with Gasteiger partial charge in [0.15, 0.2) is 5.13 Å². The molecule has 0 saturated heterocycles. The van der Waals surface area contributed by atoms with E-state index in [1.54, 1.807) is 38.3 Å². The highest BCUT2D eigenvalue weighted by molar-refractivity contribution is 7.92. The van der Waals surface area contributed by atoms with Crippen molar-refractivity contribution in [3.8, 4) is 17.0 Å². The van der Waals surface area contributed by atoms with Crippen LogP contribution in [0.5, 0.6) is 5.75 Å². The van der Waals surface area contributed by atoms with E-state index in [0.717, 1.165) is 17.0 Å². The summed E-state index contributed by atoms with van der Waals surface area (Å²) in [4.78, 5) is 17.3. The number of anilines is 2. The first-order valence-corrected chi connectivity index (χ1v) is 12.8. The van der Waals surface area contributed by atoms with Crippen molar-refractivity contribution in [2.24, 2.45) is 0 Å². The van der Waals surface area contributed by atoms with Crippen molar-refractivity contribution < 1.29 is 17.9 Å². The number of para-hydroxylation sites is 1. The molecule has 0 radical (unpaired) electrons. The van der Waals surface area contributed by atoms with Gasteiger partial charge in [-0.15, -0.1) is 11.3 Å².